The zero-order chi connectivity index (χ0) is 30.0. The van der Waals surface area contributed by atoms with Gasteiger partial charge in [0.2, 0.25) is 0 Å². The van der Waals surface area contributed by atoms with Gasteiger partial charge in [0.25, 0.3) is 8.32 Å². The average Bonchev–Trinajstić information content (AvgIpc) is 3.06. The van der Waals surface area contributed by atoms with E-state index in [0.717, 1.165) is 19.0 Å². The van der Waals surface area contributed by atoms with Crippen LogP contribution in [0.4, 0.5) is 0 Å². The van der Waals surface area contributed by atoms with Crippen molar-refractivity contribution in [3.05, 3.63) is 164 Å². The second kappa shape index (κ2) is 14.3. The van der Waals surface area contributed by atoms with Crippen molar-refractivity contribution in [3.8, 4) is 0 Å². The SMILES string of the molecule is CC(C)(C)[Si](OCC/C=C/CC[P+](c1ccccc1)(c1ccccc1)c1ccccc1)(c1ccccc1)c1ccccc1. The molecule has 0 aliphatic rings. The van der Waals surface area contributed by atoms with Crippen molar-refractivity contribution in [2.75, 3.05) is 12.8 Å². The molecule has 0 spiro atoms. The van der Waals surface area contributed by atoms with Crippen molar-refractivity contribution in [2.24, 2.45) is 0 Å². The van der Waals surface area contributed by atoms with E-state index in [4.69, 9.17) is 4.43 Å². The molecule has 0 N–H and O–H groups in total. The molecule has 0 atom stereocenters. The molecule has 3 heteroatoms. The molecule has 0 bridgehead atoms. The highest BCUT2D eigenvalue weighted by atomic mass is 31.2. The van der Waals surface area contributed by atoms with Crippen LogP contribution < -0.4 is 26.3 Å². The van der Waals surface area contributed by atoms with Crippen molar-refractivity contribution in [1.82, 2.24) is 0 Å². The lowest BCUT2D eigenvalue weighted by atomic mass is 10.2. The molecule has 43 heavy (non-hydrogen) atoms. The van der Waals surface area contributed by atoms with E-state index in [1.165, 1.54) is 26.3 Å². The first-order valence-electron chi connectivity index (χ1n) is 15.4. The number of allylic oxidation sites excluding steroid dienone is 1. The van der Waals surface area contributed by atoms with Crippen molar-refractivity contribution >= 4 is 41.9 Å². The predicted molar refractivity (Wildman–Crippen MR) is 192 cm³/mol. The van der Waals surface area contributed by atoms with Crippen LogP contribution in [0.5, 0.6) is 0 Å². The quantitative estimate of drug-likeness (QED) is 0.0613. The van der Waals surface area contributed by atoms with Gasteiger partial charge >= 0.3 is 0 Å². The van der Waals surface area contributed by atoms with Gasteiger partial charge in [-0.05, 0) is 58.2 Å². The van der Waals surface area contributed by atoms with Gasteiger partial charge in [-0.3, -0.25) is 0 Å². The van der Waals surface area contributed by atoms with Gasteiger partial charge in [-0.25, -0.2) is 0 Å². The summed E-state index contributed by atoms with van der Waals surface area (Å²) in [7, 11) is -4.32. The lowest BCUT2D eigenvalue weighted by Crippen LogP contribution is -2.66. The normalized spacial score (nSPS) is 12.4. The molecule has 1 nitrogen and oxygen atoms in total. The van der Waals surface area contributed by atoms with E-state index in [-0.39, 0.29) is 5.04 Å². The van der Waals surface area contributed by atoms with Gasteiger partial charge < -0.3 is 4.43 Å². The molecule has 0 saturated carbocycles. The first kappa shape index (κ1) is 30.9. The van der Waals surface area contributed by atoms with E-state index >= 15 is 0 Å². The largest absolute Gasteiger partial charge is 0.407 e. The number of rotatable bonds is 12. The Morgan fingerprint density at radius 2 is 0.860 bits per heavy atom. The van der Waals surface area contributed by atoms with Crippen LogP contribution in [-0.2, 0) is 4.43 Å². The average molecular weight is 600 g/mol. The molecule has 0 aliphatic heterocycles. The second-order valence-corrected chi connectivity index (χ2v) is 20.0. The third-order valence-electron chi connectivity index (χ3n) is 8.41. The molecular weight excluding hydrogens is 555 g/mol. The van der Waals surface area contributed by atoms with Gasteiger partial charge in [0.05, 0.1) is 6.16 Å². The molecule has 0 aromatic heterocycles. The highest BCUT2D eigenvalue weighted by molar-refractivity contribution is 7.95. The Labute approximate surface area is 260 Å². The molecule has 5 rings (SSSR count). The van der Waals surface area contributed by atoms with Crippen LogP contribution in [0.25, 0.3) is 0 Å². The minimum absolute atomic E-state index is 0.00937. The molecule has 0 radical (unpaired) electrons. The molecule has 218 valence electrons. The van der Waals surface area contributed by atoms with Crippen LogP contribution in [0.2, 0.25) is 5.04 Å². The fraction of sp³-hybridized carbons (Fsp3) is 0.200. The zero-order valence-electron chi connectivity index (χ0n) is 25.8. The van der Waals surface area contributed by atoms with Crippen LogP contribution in [0.1, 0.15) is 33.6 Å². The van der Waals surface area contributed by atoms with Gasteiger partial charge in [0.1, 0.15) is 23.2 Å². The number of hydrogen-bond donors (Lipinski definition) is 0. The zero-order valence-corrected chi connectivity index (χ0v) is 27.7. The molecule has 5 aromatic carbocycles. The predicted octanol–water partition coefficient (Wildman–Crippen LogP) is 7.89. The molecule has 0 amide bonds. The highest BCUT2D eigenvalue weighted by Crippen LogP contribution is 2.55. The Morgan fingerprint density at radius 3 is 1.23 bits per heavy atom. The van der Waals surface area contributed by atoms with Crippen LogP contribution in [0, 0.1) is 0 Å². The lowest BCUT2D eigenvalue weighted by molar-refractivity contribution is 0.304. The number of hydrogen-bond acceptors (Lipinski definition) is 1. The molecule has 5 aromatic rings. The Balaban J connectivity index is 1.36. The van der Waals surface area contributed by atoms with Gasteiger partial charge in [0, 0.05) is 13.0 Å². The van der Waals surface area contributed by atoms with E-state index in [0.29, 0.717) is 6.61 Å². The van der Waals surface area contributed by atoms with Crippen LogP contribution in [-0.4, -0.2) is 21.1 Å². The van der Waals surface area contributed by atoms with Crippen LogP contribution in [0.15, 0.2) is 164 Å². The van der Waals surface area contributed by atoms with E-state index in [9.17, 15) is 0 Å². The van der Waals surface area contributed by atoms with Crippen LogP contribution >= 0.6 is 7.26 Å². The number of benzene rings is 5. The Bertz CT molecular complexity index is 1410. The minimum atomic E-state index is -2.51. The van der Waals surface area contributed by atoms with Crippen molar-refractivity contribution in [3.63, 3.8) is 0 Å². The fourth-order valence-electron chi connectivity index (χ4n) is 6.43. The summed E-state index contributed by atoms with van der Waals surface area (Å²) in [6, 6.07) is 55.3. The maximum absolute atomic E-state index is 7.12. The third-order valence-corrected chi connectivity index (χ3v) is 17.9. The minimum Gasteiger partial charge on any atom is -0.407 e. The summed E-state index contributed by atoms with van der Waals surface area (Å²) in [6.07, 6.45) is 7.74. The topological polar surface area (TPSA) is 9.23 Å². The van der Waals surface area contributed by atoms with E-state index in [2.05, 4.69) is 185 Å². The molecule has 0 heterocycles. The first-order valence-corrected chi connectivity index (χ1v) is 19.3. The lowest BCUT2D eigenvalue weighted by Gasteiger charge is -2.43. The van der Waals surface area contributed by atoms with Crippen molar-refractivity contribution in [2.45, 2.75) is 38.7 Å². The van der Waals surface area contributed by atoms with Gasteiger partial charge in [0.15, 0.2) is 0 Å². The summed E-state index contributed by atoms with van der Waals surface area (Å²) < 4.78 is 7.12. The highest BCUT2D eigenvalue weighted by Gasteiger charge is 2.50. The molecule has 0 saturated heterocycles. The Hall–Kier alpha value is -3.55. The molecular formula is C40H44OPSi+. The Kier molecular flexibility index (Phi) is 10.3. The second-order valence-electron chi connectivity index (χ2n) is 12.1. The summed E-state index contributed by atoms with van der Waals surface area (Å²) in [4.78, 5) is 0. The summed E-state index contributed by atoms with van der Waals surface area (Å²) >= 11 is 0. The van der Waals surface area contributed by atoms with Crippen LogP contribution in [0.3, 0.4) is 0 Å². The standard InChI is InChI=1S/C40H44OPSi/c1-40(2,3)43(38-29-17-9-18-30-38,39-31-19-10-20-32-39)41-33-21-4-5-22-34-42(35-23-11-6-12-24-35,36-25-13-7-14-26-36)37-27-15-8-16-28-37/h4-20,23-32H,21-22,33-34H2,1-3H3/q+1/b5-4+. The monoisotopic (exact) mass is 599 g/mol. The smallest absolute Gasteiger partial charge is 0.261 e. The van der Waals surface area contributed by atoms with Crippen molar-refractivity contribution in [1.29, 1.82) is 0 Å². The summed E-state index contributed by atoms with van der Waals surface area (Å²) in [5, 5.41) is 6.98. The molecule has 0 fully saturated rings. The van der Waals surface area contributed by atoms with Crippen molar-refractivity contribution < 1.29 is 4.43 Å². The maximum Gasteiger partial charge on any atom is 0.261 e. The van der Waals surface area contributed by atoms with Gasteiger partial charge in [-0.2, -0.15) is 0 Å². The van der Waals surface area contributed by atoms with E-state index in [1.54, 1.807) is 0 Å². The first-order chi connectivity index (χ1) is 21.0. The van der Waals surface area contributed by atoms with E-state index < -0.39 is 15.6 Å². The van der Waals surface area contributed by atoms with Gasteiger partial charge in [-0.15, -0.1) is 0 Å². The fourth-order valence-corrected chi connectivity index (χ4v) is 15.3. The Morgan fingerprint density at radius 1 is 0.512 bits per heavy atom. The molecule has 0 unspecified atom stereocenters. The summed E-state index contributed by atoms with van der Waals surface area (Å²) in [5.41, 5.74) is 0. The summed E-state index contributed by atoms with van der Waals surface area (Å²) in [5.74, 6) is 0. The third kappa shape index (κ3) is 6.68. The van der Waals surface area contributed by atoms with E-state index in [1.807, 2.05) is 0 Å². The summed E-state index contributed by atoms with van der Waals surface area (Å²) in [6.45, 7) is 7.74. The maximum atomic E-state index is 7.12. The molecule has 0 aliphatic carbocycles. The van der Waals surface area contributed by atoms with Gasteiger partial charge in [-0.1, -0.05) is 148 Å².